The number of ketones is 1. The summed E-state index contributed by atoms with van der Waals surface area (Å²) in [5.41, 5.74) is -3.62. The SMILES string of the molecule is CCCCC[C@@H](/C=C/[C@H]1CCC(=O)[C@@H]1C/C=C\CCCC(=O)O)OC(=O)[C@@](OC)(c1ccccc1)C(F)(F)F. The van der Waals surface area contributed by atoms with Crippen molar-refractivity contribution in [2.75, 3.05) is 7.11 Å². The van der Waals surface area contributed by atoms with E-state index in [2.05, 4.69) is 0 Å². The van der Waals surface area contributed by atoms with Crippen LogP contribution in [-0.2, 0) is 29.5 Å². The van der Waals surface area contributed by atoms with Crippen LogP contribution in [-0.4, -0.2) is 42.2 Å². The molecule has 0 saturated heterocycles. The first-order valence-corrected chi connectivity index (χ1v) is 13.5. The fourth-order valence-corrected chi connectivity index (χ4v) is 4.87. The van der Waals surface area contributed by atoms with E-state index in [-0.39, 0.29) is 29.6 Å². The summed E-state index contributed by atoms with van der Waals surface area (Å²) in [5, 5.41) is 8.72. The van der Waals surface area contributed by atoms with E-state index >= 15 is 0 Å². The van der Waals surface area contributed by atoms with Gasteiger partial charge in [0.1, 0.15) is 11.9 Å². The van der Waals surface area contributed by atoms with Crippen molar-refractivity contribution in [3.8, 4) is 0 Å². The Labute approximate surface area is 228 Å². The number of allylic oxidation sites excluding steroid dienone is 3. The Morgan fingerprint density at radius 3 is 2.46 bits per heavy atom. The molecule has 0 spiro atoms. The van der Waals surface area contributed by atoms with Gasteiger partial charge in [0.2, 0.25) is 0 Å². The maximum atomic E-state index is 14.3. The number of rotatable bonds is 16. The van der Waals surface area contributed by atoms with Crippen molar-refractivity contribution in [2.45, 2.75) is 89.0 Å². The van der Waals surface area contributed by atoms with Crippen molar-refractivity contribution in [1.29, 1.82) is 0 Å². The number of Topliss-reactive ketones (excluding diaryl/α,β-unsaturated/α-hetero) is 1. The molecule has 0 amide bonds. The summed E-state index contributed by atoms with van der Waals surface area (Å²) in [4.78, 5) is 36.3. The van der Waals surface area contributed by atoms with Gasteiger partial charge in [-0.2, -0.15) is 13.2 Å². The zero-order chi connectivity index (χ0) is 28.9. The molecule has 1 aliphatic carbocycles. The van der Waals surface area contributed by atoms with E-state index in [1.807, 2.05) is 19.1 Å². The maximum absolute atomic E-state index is 14.3. The average Bonchev–Trinajstić information content (AvgIpc) is 3.24. The van der Waals surface area contributed by atoms with Gasteiger partial charge in [-0.1, -0.05) is 68.3 Å². The summed E-state index contributed by atoms with van der Waals surface area (Å²) in [7, 11) is 0.841. The molecular formula is C30H39F3O6. The van der Waals surface area contributed by atoms with Gasteiger partial charge in [0.25, 0.3) is 5.60 Å². The summed E-state index contributed by atoms with van der Waals surface area (Å²) in [5.74, 6) is -2.67. The Kier molecular flexibility index (Phi) is 12.9. The van der Waals surface area contributed by atoms with E-state index in [1.165, 1.54) is 24.3 Å². The number of aliphatic carboxylic acids is 1. The zero-order valence-corrected chi connectivity index (χ0v) is 22.6. The highest BCUT2D eigenvalue weighted by Gasteiger charge is 2.64. The number of benzene rings is 1. The third-order valence-electron chi connectivity index (χ3n) is 7.07. The molecule has 0 aliphatic heterocycles. The minimum atomic E-state index is -5.06. The number of esters is 1. The number of carbonyl (C=O) groups is 3. The van der Waals surface area contributed by atoms with Crippen LogP contribution in [0.1, 0.15) is 76.7 Å². The van der Waals surface area contributed by atoms with Crippen LogP contribution in [0.2, 0.25) is 0 Å². The molecule has 0 aromatic heterocycles. The smallest absolute Gasteiger partial charge is 0.432 e. The second-order valence-corrected chi connectivity index (χ2v) is 9.84. The number of methoxy groups -OCH3 is 1. The van der Waals surface area contributed by atoms with Gasteiger partial charge < -0.3 is 14.6 Å². The summed E-state index contributed by atoms with van der Waals surface area (Å²) >= 11 is 0. The van der Waals surface area contributed by atoms with Crippen LogP contribution >= 0.6 is 0 Å². The molecule has 1 saturated carbocycles. The van der Waals surface area contributed by atoms with E-state index in [4.69, 9.17) is 14.6 Å². The van der Waals surface area contributed by atoms with Crippen molar-refractivity contribution in [1.82, 2.24) is 0 Å². The Morgan fingerprint density at radius 1 is 1.13 bits per heavy atom. The van der Waals surface area contributed by atoms with Crippen molar-refractivity contribution in [3.63, 3.8) is 0 Å². The molecular weight excluding hydrogens is 513 g/mol. The van der Waals surface area contributed by atoms with E-state index in [0.717, 1.165) is 20.0 Å². The molecule has 39 heavy (non-hydrogen) atoms. The van der Waals surface area contributed by atoms with Crippen molar-refractivity contribution >= 4 is 17.7 Å². The number of unbranched alkanes of at least 4 members (excludes halogenated alkanes) is 3. The molecule has 0 radical (unpaired) electrons. The fraction of sp³-hybridized carbons (Fsp3) is 0.567. The Morgan fingerprint density at radius 2 is 1.85 bits per heavy atom. The van der Waals surface area contributed by atoms with Crippen molar-refractivity contribution in [3.05, 3.63) is 60.2 Å². The first-order valence-electron chi connectivity index (χ1n) is 13.5. The lowest BCUT2D eigenvalue weighted by molar-refractivity contribution is -0.277. The predicted molar refractivity (Wildman–Crippen MR) is 141 cm³/mol. The third-order valence-corrected chi connectivity index (χ3v) is 7.07. The van der Waals surface area contributed by atoms with Gasteiger partial charge in [-0.25, -0.2) is 4.79 Å². The second-order valence-electron chi connectivity index (χ2n) is 9.84. The minimum absolute atomic E-state index is 0.0825. The maximum Gasteiger partial charge on any atom is 0.432 e. The number of ether oxygens (including phenoxy) is 2. The highest BCUT2D eigenvalue weighted by atomic mass is 19.4. The van der Waals surface area contributed by atoms with Crippen LogP contribution in [0.3, 0.4) is 0 Å². The van der Waals surface area contributed by atoms with Crippen molar-refractivity contribution in [2.24, 2.45) is 11.8 Å². The summed E-state index contributed by atoms with van der Waals surface area (Å²) < 4.78 is 53.3. The molecule has 2 rings (SSSR count). The molecule has 6 nitrogen and oxygen atoms in total. The molecule has 4 atom stereocenters. The topological polar surface area (TPSA) is 89.9 Å². The molecule has 1 aromatic carbocycles. The average molecular weight is 553 g/mol. The fourth-order valence-electron chi connectivity index (χ4n) is 4.87. The molecule has 1 aliphatic rings. The Hall–Kier alpha value is -2.94. The van der Waals surface area contributed by atoms with Crippen LogP contribution in [0, 0.1) is 11.8 Å². The quantitative estimate of drug-likeness (QED) is 0.136. The lowest BCUT2D eigenvalue weighted by atomic mass is 9.90. The van der Waals surface area contributed by atoms with Gasteiger partial charge in [-0.05, 0) is 50.5 Å². The molecule has 9 heteroatoms. The van der Waals surface area contributed by atoms with E-state index in [1.54, 1.807) is 18.2 Å². The number of alkyl halides is 3. The standard InChI is InChI=1S/C30H39F3O6/c1-3-4-8-15-24(39-28(37)29(38-2,30(31,32)33)23-13-9-7-10-14-23)20-18-22-19-21-26(34)25(22)16-11-5-6-12-17-27(35)36/h5,7,9-11,13-14,18,20,22,24-25H,3-4,6,8,12,15-17,19,21H2,1-2H3,(H,35,36)/b11-5-,20-18+/t22-,24-,25+,29-/m0/s1. The monoisotopic (exact) mass is 552 g/mol. The number of carboxylic acids is 1. The number of hydrogen-bond donors (Lipinski definition) is 1. The van der Waals surface area contributed by atoms with Crippen molar-refractivity contribution < 1.29 is 42.1 Å². The molecule has 0 bridgehead atoms. The highest BCUT2D eigenvalue weighted by Crippen LogP contribution is 2.43. The van der Waals surface area contributed by atoms with Gasteiger partial charge >= 0.3 is 18.1 Å². The van der Waals surface area contributed by atoms with Gasteiger partial charge in [0.05, 0.1) is 0 Å². The van der Waals surface area contributed by atoms with Gasteiger partial charge in [-0.15, -0.1) is 0 Å². The number of hydrogen-bond acceptors (Lipinski definition) is 5. The van der Waals surface area contributed by atoms with Crippen LogP contribution in [0.5, 0.6) is 0 Å². The molecule has 1 fully saturated rings. The van der Waals surface area contributed by atoms with Crippen LogP contribution in [0.25, 0.3) is 0 Å². The van der Waals surface area contributed by atoms with Crippen LogP contribution < -0.4 is 0 Å². The normalized spacial score (nSPS) is 20.4. The van der Waals surface area contributed by atoms with E-state index in [0.29, 0.717) is 44.9 Å². The molecule has 1 aromatic rings. The van der Waals surface area contributed by atoms with Crippen LogP contribution in [0.15, 0.2) is 54.6 Å². The largest absolute Gasteiger partial charge is 0.481 e. The van der Waals surface area contributed by atoms with Gasteiger partial charge in [0.15, 0.2) is 0 Å². The number of halogens is 3. The van der Waals surface area contributed by atoms with E-state index < -0.39 is 29.8 Å². The third kappa shape index (κ3) is 9.05. The lowest BCUT2D eigenvalue weighted by Gasteiger charge is -2.33. The second kappa shape index (κ2) is 15.6. The Balaban J connectivity index is 2.19. The predicted octanol–water partition coefficient (Wildman–Crippen LogP) is 6.94. The van der Waals surface area contributed by atoms with Crippen LogP contribution in [0.4, 0.5) is 13.2 Å². The number of carbonyl (C=O) groups excluding carboxylic acids is 2. The zero-order valence-electron chi connectivity index (χ0n) is 22.6. The summed E-state index contributed by atoms with van der Waals surface area (Å²) in [6.07, 6.45) is 6.61. The lowest BCUT2D eigenvalue weighted by Crippen LogP contribution is -2.52. The summed E-state index contributed by atoms with van der Waals surface area (Å²) in [6, 6.07) is 6.72. The summed E-state index contributed by atoms with van der Waals surface area (Å²) in [6.45, 7) is 2.00. The molecule has 0 heterocycles. The first-order chi connectivity index (χ1) is 18.6. The first kappa shape index (κ1) is 32.3. The number of carboxylic acid groups (broad SMARTS) is 1. The molecule has 1 N–H and O–H groups in total. The highest BCUT2D eigenvalue weighted by molar-refractivity contribution is 5.84. The molecule has 0 unspecified atom stereocenters. The van der Waals surface area contributed by atoms with Gasteiger partial charge in [0, 0.05) is 31.4 Å². The Bertz CT molecular complexity index is 988. The molecule has 216 valence electrons. The van der Waals surface area contributed by atoms with Gasteiger partial charge in [-0.3, -0.25) is 9.59 Å². The minimum Gasteiger partial charge on any atom is -0.481 e. The van der Waals surface area contributed by atoms with E-state index in [9.17, 15) is 27.6 Å².